The number of carbonyl (C=O) groups is 1. The molecule has 1 saturated heterocycles. The molecule has 0 spiro atoms. The molecule has 3 N–H and O–H groups in total. The highest BCUT2D eigenvalue weighted by molar-refractivity contribution is 5.91. The molecule has 3 heterocycles. The lowest BCUT2D eigenvalue weighted by molar-refractivity contribution is -0.00765. The van der Waals surface area contributed by atoms with Crippen molar-refractivity contribution in [3.63, 3.8) is 0 Å². The molecule has 0 aliphatic carbocycles. The van der Waals surface area contributed by atoms with Gasteiger partial charge in [-0.05, 0) is 23.8 Å². The third-order valence-electron chi connectivity index (χ3n) is 6.84. The maximum Gasteiger partial charge on any atom is 0.408 e. The van der Waals surface area contributed by atoms with Gasteiger partial charge in [0.25, 0.3) is 0 Å². The van der Waals surface area contributed by atoms with Crippen LogP contribution in [0.4, 0.5) is 16.6 Å². The molecule has 4 aromatic rings. The lowest BCUT2D eigenvalue weighted by Crippen LogP contribution is -2.50. The summed E-state index contributed by atoms with van der Waals surface area (Å²) in [5.41, 5.74) is 7.41. The number of nitrogen functional groups attached to an aromatic ring is 1. The predicted octanol–water partition coefficient (Wildman–Crippen LogP) is 4.33. The predicted molar refractivity (Wildman–Crippen MR) is 143 cm³/mol. The zero-order valence-electron chi connectivity index (χ0n) is 21.5. The van der Waals surface area contributed by atoms with E-state index in [1.54, 1.807) is 44.7 Å². The topological polar surface area (TPSA) is 125 Å². The smallest absolute Gasteiger partial charge is 0.408 e. The number of piperidine rings is 1. The SMILES string of the molecule is COc1cc2nc(N3CCC(Cc4ccccc4)(OC(=O)NCc4ccco4)CC3)nc(N)c2cc1OC. The van der Waals surface area contributed by atoms with Gasteiger partial charge in [0.1, 0.15) is 17.2 Å². The lowest BCUT2D eigenvalue weighted by Gasteiger charge is -2.41. The fourth-order valence-corrected chi connectivity index (χ4v) is 4.81. The number of methoxy groups -OCH3 is 2. The molecular weight excluding hydrogens is 486 g/mol. The Morgan fingerprint density at radius 1 is 1.05 bits per heavy atom. The van der Waals surface area contributed by atoms with Crippen LogP contribution < -0.4 is 25.4 Å². The molecule has 0 unspecified atom stereocenters. The van der Waals surface area contributed by atoms with E-state index < -0.39 is 11.7 Å². The minimum absolute atomic E-state index is 0.262. The average Bonchev–Trinajstić information content (AvgIpc) is 3.46. The summed E-state index contributed by atoms with van der Waals surface area (Å²) in [6.07, 6.45) is 2.90. The highest BCUT2D eigenvalue weighted by Gasteiger charge is 2.39. The van der Waals surface area contributed by atoms with Crippen molar-refractivity contribution in [1.29, 1.82) is 0 Å². The largest absolute Gasteiger partial charge is 0.493 e. The van der Waals surface area contributed by atoms with Crippen LogP contribution in [-0.2, 0) is 17.7 Å². The summed E-state index contributed by atoms with van der Waals surface area (Å²) in [5, 5.41) is 3.49. The maximum atomic E-state index is 12.8. The number of carbonyl (C=O) groups excluding carboxylic acids is 1. The van der Waals surface area contributed by atoms with Gasteiger partial charge in [-0.2, -0.15) is 4.98 Å². The number of nitrogens with two attached hydrogens (primary N) is 1. The van der Waals surface area contributed by atoms with Gasteiger partial charge in [0.2, 0.25) is 5.95 Å². The Hall–Kier alpha value is -4.47. The van der Waals surface area contributed by atoms with Crippen LogP contribution in [0.2, 0.25) is 0 Å². The maximum absolute atomic E-state index is 12.8. The number of aromatic nitrogens is 2. The second-order valence-electron chi connectivity index (χ2n) is 9.29. The van der Waals surface area contributed by atoms with E-state index in [0.717, 1.165) is 5.56 Å². The van der Waals surface area contributed by atoms with Crippen molar-refractivity contribution in [3.05, 3.63) is 72.2 Å². The van der Waals surface area contributed by atoms with Crippen LogP contribution in [0.5, 0.6) is 11.5 Å². The Kier molecular flexibility index (Phi) is 7.21. The second-order valence-corrected chi connectivity index (χ2v) is 9.29. The zero-order chi connectivity index (χ0) is 26.5. The summed E-state index contributed by atoms with van der Waals surface area (Å²) in [6.45, 7) is 1.45. The van der Waals surface area contributed by atoms with Crippen LogP contribution in [0.3, 0.4) is 0 Å². The van der Waals surface area contributed by atoms with E-state index in [2.05, 4.69) is 15.2 Å². The minimum Gasteiger partial charge on any atom is -0.493 e. The number of furan rings is 1. The highest BCUT2D eigenvalue weighted by atomic mass is 16.6. The van der Waals surface area contributed by atoms with Crippen molar-refractivity contribution in [2.24, 2.45) is 0 Å². The number of fused-ring (bicyclic) bond motifs is 1. The Morgan fingerprint density at radius 2 is 1.79 bits per heavy atom. The Balaban J connectivity index is 1.34. The summed E-state index contributed by atoms with van der Waals surface area (Å²) in [7, 11) is 3.15. The number of hydrogen-bond acceptors (Lipinski definition) is 9. The van der Waals surface area contributed by atoms with Gasteiger partial charge in [-0.1, -0.05) is 30.3 Å². The highest BCUT2D eigenvalue weighted by Crippen LogP contribution is 2.36. The van der Waals surface area contributed by atoms with Crippen molar-refractivity contribution in [3.8, 4) is 11.5 Å². The standard InChI is InChI=1S/C28H31N5O5/c1-35-23-15-21-22(16-24(23)36-2)31-26(32-25(21)29)33-12-10-28(11-13-33,17-19-7-4-3-5-8-19)38-27(34)30-18-20-9-6-14-37-20/h3-9,14-16H,10-13,17-18H2,1-2H3,(H,30,34)(H2,29,31,32). The van der Waals surface area contributed by atoms with Crippen molar-refractivity contribution < 1.29 is 23.4 Å². The van der Waals surface area contributed by atoms with Gasteiger partial charge in [-0.25, -0.2) is 9.78 Å². The summed E-state index contributed by atoms with van der Waals surface area (Å²) < 4.78 is 22.2. The third-order valence-corrected chi connectivity index (χ3v) is 6.84. The molecule has 10 heteroatoms. The monoisotopic (exact) mass is 517 g/mol. The Bertz CT molecular complexity index is 1390. The van der Waals surface area contributed by atoms with Crippen molar-refractivity contribution in [2.75, 3.05) is 37.9 Å². The number of benzene rings is 2. The van der Waals surface area contributed by atoms with Gasteiger partial charge in [0, 0.05) is 43.8 Å². The van der Waals surface area contributed by atoms with E-state index in [1.165, 1.54) is 0 Å². The molecule has 1 amide bonds. The molecule has 2 aromatic heterocycles. The van der Waals surface area contributed by atoms with Crippen LogP contribution >= 0.6 is 0 Å². The van der Waals surface area contributed by atoms with E-state index in [-0.39, 0.29) is 6.54 Å². The Labute approximate surface area is 220 Å². The number of nitrogens with zero attached hydrogens (tertiary/aromatic N) is 3. The Morgan fingerprint density at radius 3 is 2.47 bits per heavy atom. The molecule has 0 radical (unpaired) electrons. The summed E-state index contributed by atoms with van der Waals surface area (Å²) in [6, 6.07) is 17.2. The van der Waals surface area contributed by atoms with Crippen LogP contribution in [0.25, 0.3) is 10.9 Å². The number of nitrogens with one attached hydrogen (secondary N) is 1. The number of anilines is 2. The van der Waals surface area contributed by atoms with Crippen LogP contribution in [-0.4, -0.2) is 49.0 Å². The van der Waals surface area contributed by atoms with E-state index in [9.17, 15) is 4.79 Å². The van der Waals surface area contributed by atoms with Crippen molar-refractivity contribution in [2.45, 2.75) is 31.4 Å². The van der Waals surface area contributed by atoms with E-state index in [1.807, 2.05) is 30.3 Å². The number of amides is 1. The van der Waals surface area contributed by atoms with Gasteiger partial charge in [-0.3, -0.25) is 0 Å². The molecule has 1 fully saturated rings. The third kappa shape index (κ3) is 5.44. The summed E-state index contributed by atoms with van der Waals surface area (Å²) in [5.74, 6) is 2.68. The van der Waals surface area contributed by atoms with Gasteiger partial charge in [-0.15, -0.1) is 0 Å². The fraction of sp³-hybridized carbons (Fsp3) is 0.321. The number of hydrogen-bond donors (Lipinski definition) is 2. The first-order chi connectivity index (χ1) is 18.5. The van der Waals surface area contributed by atoms with Crippen molar-refractivity contribution in [1.82, 2.24) is 15.3 Å². The molecule has 1 aliphatic rings. The molecule has 1 aliphatic heterocycles. The molecule has 10 nitrogen and oxygen atoms in total. The summed E-state index contributed by atoms with van der Waals surface area (Å²) >= 11 is 0. The molecule has 2 aromatic carbocycles. The number of rotatable bonds is 8. The first kappa shape index (κ1) is 25.2. The fourth-order valence-electron chi connectivity index (χ4n) is 4.81. The molecule has 0 atom stereocenters. The summed E-state index contributed by atoms with van der Waals surface area (Å²) in [4.78, 5) is 24.2. The van der Waals surface area contributed by atoms with E-state index in [4.69, 9.17) is 29.3 Å². The zero-order valence-corrected chi connectivity index (χ0v) is 21.5. The van der Waals surface area contributed by atoms with Gasteiger partial charge in [0.15, 0.2) is 11.5 Å². The van der Waals surface area contributed by atoms with E-state index >= 15 is 0 Å². The molecule has 198 valence electrons. The average molecular weight is 518 g/mol. The number of alkyl carbamates (subject to hydrolysis) is 1. The quantitative estimate of drug-likeness (QED) is 0.351. The molecule has 5 rings (SSSR count). The first-order valence-electron chi connectivity index (χ1n) is 12.5. The number of ether oxygens (including phenoxy) is 3. The second kappa shape index (κ2) is 10.9. The molecule has 38 heavy (non-hydrogen) atoms. The minimum atomic E-state index is -0.677. The van der Waals surface area contributed by atoms with Gasteiger partial charge >= 0.3 is 6.09 Å². The van der Waals surface area contributed by atoms with Crippen LogP contribution in [0, 0.1) is 0 Å². The van der Waals surface area contributed by atoms with Crippen LogP contribution in [0.1, 0.15) is 24.2 Å². The lowest BCUT2D eigenvalue weighted by atomic mass is 9.85. The van der Waals surface area contributed by atoms with Crippen LogP contribution in [0.15, 0.2) is 65.3 Å². The first-order valence-corrected chi connectivity index (χ1v) is 12.5. The van der Waals surface area contributed by atoms with Gasteiger partial charge in [0.05, 0.1) is 32.5 Å². The van der Waals surface area contributed by atoms with E-state index in [0.29, 0.717) is 72.3 Å². The molecular formula is C28H31N5O5. The normalized spacial score (nSPS) is 14.7. The van der Waals surface area contributed by atoms with Crippen molar-refractivity contribution >= 4 is 28.8 Å². The van der Waals surface area contributed by atoms with Gasteiger partial charge < -0.3 is 34.6 Å². The molecule has 0 saturated carbocycles. The molecule has 0 bridgehead atoms.